The molecule has 1 atom stereocenters. The van der Waals surface area contributed by atoms with Crippen molar-refractivity contribution in [2.45, 2.75) is 13.0 Å². The minimum absolute atomic E-state index is 0.0256. The average Bonchev–Trinajstić information content (AvgIpc) is 3.02. The molecule has 1 aromatic heterocycles. The van der Waals surface area contributed by atoms with Crippen LogP contribution in [0.1, 0.15) is 18.7 Å². The van der Waals surface area contributed by atoms with Gasteiger partial charge in [-0.2, -0.15) is 0 Å². The lowest BCUT2D eigenvalue weighted by Crippen LogP contribution is -2.46. The van der Waals surface area contributed by atoms with Gasteiger partial charge in [0.2, 0.25) is 11.8 Å². The van der Waals surface area contributed by atoms with E-state index >= 15 is 0 Å². The van der Waals surface area contributed by atoms with E-state index in [0.29, 0.717) is 32.1 Å². The van der Waals surface area contributed by atoms with Crippen molar-refractivity contribution in [1.82, 2.24) is 15.1 Å². The van der Waals surface area contributed by atoms with Crippen LogP contribution in [-0.2, 0) is 14.3 Å². The molecule has 0 bridgehead atoms. The van der Waals surface area contributed by atoms with Crippen molar-refractivity contribution in [1.29, 1.82) is 0 Å². The lowest BCUT2D eigenvalue weighted by molar-refractivity contribution is -0.136. The number of hydrogen-bond donors (Lipinski definition) is 1. The number of rotatable bonds is 6. The Labute approximate surface area is 130 Å². The van der Waals surface area contributed by atoms with E-state index in [1.807, 2.05) is 13.0 Å². The molecule has 0 radical (unpaired) electrons. The molecule has 7 heteroatoms. The van der Waals surface area contributed by atoms with E-state index in [-0.39, 0.29) is 30.9 Å². The van der Waals surface area contributed by atoms with Gasteiger partial charge in [0.15, 0.2) is 0 Å². The second kappa shape index (κ2) is 7.95. The van der Waals surface area contributed by atoms with Crippen LogP contribution < -0.4 is 5.32 Å². The van der Waals surface area contributed by atoms with E-state index < -0.39 is 0 Å². The molecule has 1 unspecified atom stereocenters. The highest BCUT2D eigenvalue weighted by molar-refractivity contribution is 5.81. The number of carbonyl (C=O) groups excluding carboxylic acids is 2. The Morgan fingerprint density at radius 3 is 2.73 bits per heavy atom. The van der Waals surface area contributed by atoms with Crippen LogP contribution in [0, 0.1) is 0 Å². The van der Waals surface area contributed by atoms with E-state index in [1.54, 1.807) is 29.2 Å². The maximum atomic E-state index is 12.1. The molecule has 2 amide bonds. The smallest absolute Gasteiger partial charge is 0.236 e. The van der Waals surface area contributed by atoms with Crippen LogP contribution >= 0.6 is 0 Å². The summed E-state index contributed by atoms with van der Waals surface area (Å²) in [4.78, 5) is 27.5. The molecule has 0 aliphatic carbocycles. The Balaban J connectivity index is 1.72. The van der Waals surface area contributed by atoms with Crippen LogP contribution in [-0.4, -0.2) is 68.1 Å². The molecule has 2 rings (SSSR count). The van der Waals surface area contributed by atoms with Crippen molar-refractivity contribution in [3.8, 4) is 0 Å². The Kier molecular flexibility index (Phi) is 5.97. The van der Waals surface area contributed by atoms with E-state index in [1.165, 1.54) is 0 Å². The highest BCUT2D eigenvalue weighted by Crippen LogP contribution is 2.11. The molecule has 1 aromatic rings. The van der Waals surface area contributed by atoms with Gasteiger partial charge in [-0.05, 0) is 26.1 Å². The topological polar surface area (TPSA) is 75.0 Å². The molecule has 1 fully saturated rings. The molecular weight excluding hydrogens is 286 g/mol. The van der Waals surface area contributed by atoms with Gasteiger partial charge in [0.05, 0.1) is 38.6 Å². The molecular formula is C15H23N3O4. The monoisotopic (exact) mass is 309 g/mol. The molecule has 122 valence electrons. The number of morpholine rings is 1. The maximum Gasteiger partial charge on any atom is 0.236 e. The summed E-state index contributed by atoms with van der Waals surface area (Å²) >= 11 is 0. The predicted molar refractivity (Wildman–Crippen MR) is 80.2 cm³/mol. The zero-order chi connectivity index (χ0) is 15.9. The number of amides is 2. The van der Waals surface area contributed by atoms with Gasteiger partial charge in [-0.25, -0.2) is 0 Å². The standard InChI is InChI=1S/C15H23N3O4/c1-12(13-4-3-7-22-13)16-14(19)10-17(2)11-15(20)18-5-8-21-9-6-18/h3-4,7,12H,5-6,8-11H2,1-2H3,(H,16,19). The summed E-state index contributed by atoms with van der Waals surface area (Å²) in [7, 11) is 1.76. The first-order chi connectivity index (χ1) is 10.6. The summed E-state index contributed by atoms with van der Waals surface area (Å²) in [6.45, 7) is 4.65. The largest absolute Gasteiger partial charge is 0.467 e. The molecule has 1 N–H and O–H groups in total. The molecule has 22 heavy (non-hydrogen) atoms. The number of ether oxygens (including phenoxy) is 1. The van der Waals surface area contributed by atoms with E-state index in [4.69, 9.17) is 9.15 Å². The van der Waals surface area contributed by atoms with Crippen LogP contribution in [0.3, 0.4) is 0 Å². The minimum atomic E-state index is -0.189. The fraction of sp³-hybridized carbons (Fsp3) is 0.600. The Hall–Kier alpha value is -1.86. The van der Waals surface area contributed by atoms with Crippen molar-refractivity contribution in [3.05, 3.63) is 24.2 Å². The van der Waals surface area contributed by atoms with Gasteiger partial charge in [-0.15, -0.1) is 0 Å². The van der Waals surface area contributed by atoms with Crippen molar-refractivity contribution >= 4 is 11.8 Å². The zero-order valence-electron chi connectivity index (χ0n) is 13.1. The van der Waals surface area contributed by atoms with Gasteiger partial charge in [0.1, 0.15) is 5.76 Å². The number of furan rings is 1. The fourth-order valence-electron chi connectivity index (χ4n) is 2.34. The van der Waals surface area contributed by atoms with Crippen molar-refractivity contribution in [3.63, 3.8) is 0 Å². The third-order valence-electron chi connectivity index (χ3n) is 3.53. The lowest BCUT2D eigenvalue weighted by atomic mass is 10.2. The van der Waals surface area contributed by atoms with E-state index in [2.05, 4.69) is 5.32 Å². The molecule has 1 aliphatic rings. The van der Waals surface area contributed by atoms with Gasteiger partial charge in [0, 0.05) is 13.1 Å². The summed E-state index contributed by atoms with van der Waals surface area (Å²) in [6.07, 6.45) is 1.57. The van der Waals surface area contributed by atoms with Crippen molar-refractivity contribution < 1.29 is 18.7 Å². The first-order valence-corrected chi connectivity index (χ1v) is 7.43. The molecule has 0 spiro atoms. The number of nitrogens with zero attached hydrogens (tertiary/aromatic N) is 2. The Bertz CT molecular complexity index is 483. The van der Waals surface area contributed by atoms with E-state index in [9.17, 15) is 9.59 Å². The number of likely N-dealkylation sites (N-methyl/N-ethyl adjacent to an activating group) is 1. The second-order valence-corrected chi connectivity index (χ2v) is 5.47. The fourth-order valence-corrected chi connectivity index (χ4v) is 2.34. The Morgan fingerprint density at radius 2 is 2.09 bits per heavy atom. The predicted octanol–water partition coefficient (Wildman–Crippen LogP) is 0.247. The van der Waals surface area contributed by atoms with Gasteiger partial charge in [0.25, 0.3) is 0 Å². The van der Waals surface area contributed by atoms with Gasteiger partial charge < -0.3 is 19.4 Å². The molecule has 0 saturated carbocycles. The summed E-state index contributed by atoms with van der Waals surface area (Å²) in [5, 5.41) is 2.85. The highest BCUT2D eigenvalue weighted by Gasteiger charge is 2.20. The SMILES string of the molecule is CC(NC(=O)CN(C)CC(=O)N1CCOCC1)c1ccco1. The van der Waals surface area contributed by atoms with Crippen LogP contribution in [0.2, 0.25) is 0 Å². The molecule has 0 aromatic carbocycles. The summed E-state index contributed by atoms with van der Waals surface area (Å²) in [5.41, 5.74) is 0. The normalized spacial score (nSPS) is 16.6. The van der Waals surface area contributed by atoms with Gasteiger partial charge in [-0.3, -0.25) is 14.5 Å². The van der Waals surface area contributed by atoms with E-state index in [0.717, 1.165) is 0 Å². The van der Waals surface area contributed by atoms with Crippen LogP contribution in [0.5, 0.6) is 0 Å². The number of nitrogens with one attached hydrogen (secondary N) is 1. The summed E-state index contributed by atoms with van der Waals surface area (Å²) < 4.78 is 10.5. The second-order valence-electron chi connectivity index (χ2n) is 5.47. The highest BCUT2D eigenvalue weighted by atomic mass is 16.5. The zero-order valence-corrected chi connectivity index (χ0v) is 13.1. The van der Waals surface area contributed by atoms with Crippen molar-refractivity contribution in [2.24, 2.45) is 0 Å². The molecule has 1 aliphatic heterocycles. The third kappa shape index (κ3) is 4.85. The quantitative estimate of drug-likeness (QED) is 0.815. The molecule has 7 nitrogen and oxygen atoms in total. The molecule has 1 saturated heterocycles. The first kappa shape index (κ1) is 16.5. The number of carbonyl (C=O) groups is 2. The number of hydrogen-bond acceptors (Lipinski definition) is 5. The molecule has 2 heterocycles. The lowest BCUT2D eigenvalue weighted by Gasteiger charge is -2.28. The van der Waals surface area contributed by atoms with Crippen LogP contribution in [0.25, 0.3) is 0 Å². The maximum absolute atomic E-state index is 12.1. The summed E-state index contributed by atoms with van der Waals surface area (Å²) in [6, 6.07) is 3.41. The third-order valence-corrected chi connectivity index (χ3v) is 3.53. The van der Waals surface area contributed by atoms with Gasteiger partial charge >= 0.3 is 0 Å². The van der Waals surface area contributed by atoms with Crippen molar-refractivity contribution in [2.75, 3.05) is 46.4 Å². The average molecular weight is 309 g/mol. The first-order valence-electron chi connectivity index (χ1n) is 7.43. The summed E-state index contributed by atoms with van der Waals surface area (Å²) in [5.74, 6) is 0.597. The van der Waals surface area contributed by atoms with Crippen LogP contribution in [0.15, 0.2) is 22.8 Å². The Morgan fingerprint density at radius 1 is 1.36 bits per heavy atom. The minimum Gasteiger partial charge on any atom is -0.467 e. The van der Waals surface area contributed by atoms with Crippen LogP contribution in [0.4, 0.5) is 0 Å². The van der Waals surface area contributed by atoms with Gasteiger partial charge in [-0.1, -0.05) is 0 Å².